The molecule has 0 aliphatic heterocycles. The third kappa shape index (κ3) is 6.25. The topological polar surface area (TPSA) is 43.4 Å². The van der Waals surface area contributed by atoms with Crippen molar-refractivity contribution in [2.24, 2.45) is 0 Å². The lowest BCUT2D eigenvalue weighted by molar-refractivity contribution is -0.383. The van der Waals surface area contributed by atoms with Crippen LogP contribution in [0.2, 0.25) is 0 Å². The van der Waals surface area contributed by atoms with Crippen LogP contribution in [0.25, 0.3) is 0 Å². The molecule has 160 valence electrons. The number of hydrogen-bond donors (Lipinski definition) is 0. The summed E-state index contributed by atoms with van der Waals surface area (Å²) in [5.74, 6) is -15.3. The fourth-order valence-corrected chi connectivity index (χ4v) is 2.04. The molecule has 0 aromatic rings. The smallest absolute Gasteiger partial charge is 0.197 e. The van der Waals surface area contributed by atoms with Gasteiger partial charge in [-0.15, -0.1) is 0 Å². The molecule has 0 heterocycles. The average Bonchev–Trinajstić information content (AvgIpc) is 2.43. The predicted octanol–water partition coefficient (Wildman–Crippen LogP) is 6.10. The molecule has 0 N–H and O–H groups in total. The van der Waals surface area contributed by atoms with Crippen molar-refractivity contribution in [3.8, 4) is 0 Å². The minimum absolute atomic E-state index is 0.236. The summed E-state index contributed by atoms with van der Waals surface area (Å²) in [6.45, 7) is 1.81. The van der Waals surface area contributed by atoms with Crippen molar-refractivity contribution in [3.63, 3.8) is 0 Å². The molecule has 0 aromatic carbocycles. The third-order valence-corrected chi connectivity index (χ3v) is 4.19. The maximum Gasteiger partial charge on any atom is 0.644 e. The molecule has 26 heavy (non-hydrogen) atoms. The molecule has 0 aromatic heterocycles. The number of unbranched alkanes of at least 4 members (excludes halogenated alkanes) is 1. The van der Waals surface area contributed by atoms with Crippen LogP contribution in [-0.4, -0.2) is 37.9 Å². The highest BCUT2D eigenvalue weighted by Gasteiger charge is 2.94. The van der Waals surface area contributed by atoms with Gasteiger partial charge in [0.1, 0.15) is 0 Å². The molecule has 0 fully saturated rings. The summed E-state index contributed by atoms with van der Waals surface area (Å²) in [7, 11) is -12.3. The van der Waals surface area contributed by atoms with Gasteiger partial charge in [0.05, 0.1) is 5.75 Å². The van der Waals surface area contributed by atoms with Crippen molar-refractivity contribution in [2.45, 2.75) is 43.5 Å². The van der Waals surface area contributed by atoms with Gasteiger partial charge in [-0.2, -0.15) is 47.9 Å². The number of hydrogen-bond acceptors (Lipinski definition) is 3. The van der Waals surface area contributed by atoms with Gasteiger partial charge in [-0.25, -0.2) is 0 Å². The van der Waals surface area contributed by atoms with Gasteiger partial charge >= 0.3 is 31.9 Å². The Morgan fingerprint density at radius 1 is 0.846 bits per heavy atom. The predicted molar refractivity (Wildman–Crippen MR) is 62.0 cm³/mol. The molecular weight excluding hydrogens is 454 g/mol. The summed E-state index contributed by atoms with van der Waals surface area (Å²) in [4.78, 5) is 0. The van der Waals surface area contributed by atoms with Crippen LogP contribution in [0.5, 0.6) is 0 Å². The second-order valence-electron chi connectivity index (χ2n) is 4.31. The molecule has 0 aliphatic carbocycles. The zero-order valence-corrected chi connectivity index (χ0v) is 13.8. The zero-order chi connectivity index (χ0) is 21.8. The lowest BCUT2D eigenvalue weighted by Crippen LogP contribution is -2.60. The van der Waals surface area contributed by atoms with Crippen LogP contribution >= 0.6 is 8.19 Å². The Hall–Kier alpha value is -0.570. The molecule has 3 nitrogen and oxygen atoms in total. The highest BCUT2D eigenvalue weighted by Crippen LogP contribution is 2.80. The average molecular weight is 463 g/mol. The third-order valence-electron chi connectivity index (χ3n) is 2.29. The van der Waals surface area contributed by atoms with E-state index in [1.54, 1.807) is 0 Å². The van der Waals surface area contributed by atoms with Crippen LogP contribution in [0, 0.1) is 0 Å². The fourth-order valence-electron chi connectivity index (χ4n) is 0.879. The Morgan fingerprint density at radius 3 is 1.46 bits per heavy atom. The van der Waals surface area contributed by atoms with E-state index in [2.05, 4.69) is 4.39 Å². The number of alkyl halides is 9. The number of rotatable bonds is 7. The molecule has 18 heteroatoms. The van der Waals surface area contributed by atoms with E-state index in [-0.39, 0.29) is 5.75 Å². The van der Waals surface area contributed by atoms with Crippen molar-refractivity contribution >= 4 is 18.3 Å². The van der Waals surface area contributed by atoms with E-state index < -0.39 is 42.0 Å². The van der Waals surface area contributed by atoms with E-state index in [0.29, 0.717) is 12.8 Å². The van der Waals surface area contributed by atoms with Gasteiger partial charge in [-0.3, -0.25) is 0 Å². The maximum absolute atomic E-state index is 12.1. The fraction of sp³-hybridized carbons (Fsp3) is 1.00. The Labute approximate surface area is 138 Å². The van der Waals surface area contributed by atoms with E-state index in [4.69, 9.17) is 0 Å². The van der Waals surface area contributed by atoms with Crippen molar-refractivity contribution in [3.05, 3.63) is 0 Å². The van der Waals surface area contributed by atoms with Gasteiger partial charge in [0.25, 0.3) is 10.1 Å². The first-order chi connectivity index (χ1) is 11.1. The summed E-state index contributed by atoms with van der Waals surface area (Å²) < 4.78 is 174. The first-order valence-corrected chi connectivity index (χ1v) is 8.87. The van der Waals surface area contributed by atoms with Crippen LogP contribution in [0.3, 0.4) is 0 Å². The summed E-state index contributed by atoms with van der Waals surface area (Å²) in [6, 6.07) is 0. The summed E-state index contributed by atoms with van der Waals surface area (Å²) in [5, 5.41) is 0. The lowest BCUT2D eigenvalue weighted by atomic mass is 10.1. The molecular formula is C8H9F13O3PS+. The molecule has 0 atom stereocenters. The summed E-state index contributed by atoms with van der Waals surface area (Å²) in [5.41, 5.74) is -7.42. The normalized spacial score (nSPS) is 14.7. The van der Waals surface area contributed by atoms with Crippen molar-refractivity contribution in [1.82, 2.24) is 0 Å². The molecule has 0 saturated carbocycles. The SMILES string of the molecule is CCCCS(=O)(=O)OF.FC(F)(F)C(F)(F)C(F)(F)C(F)(F)[P+](F)(F)F. The molecule has 0 radical (unpaired) electrons. The van der Waals surface area contributed by atoms with Crippen LogP contribution in [0.15, 0.2) is 0 Å². The Kier molecular flexibility index (Phi) is 9.17. The molecule has 0 rings (SSSR count). The highest BCUT2D eigenvalue weighted by molar-refractivity contribution is 7.86. The highest BCUT2D eigenvalue weighted by atomic mass is 32.2. The molecule has 0 amide bonds. The first kappa shape index (κ1) is 27.6. The van der Waals surface area contributed by atoms with E-state index in [0.717, 1.165) is 0 Å². The van der Waals surface area contributed by atoms with Crippen LogP contribution in [-0.2, 0) is 14.5 Å². The minimum Gasteiger partial charge on any atom is -0.197 e. The van der Waals surface area contributed by atoms with Gasteiger partial charge in [0, 0.05) is 12.6 Å². The Balaban J connectivity index is 0. The van der Waals surface area contributed by atoms with E-state index in [1.807, 2.05) is 6.92 Å². The monoisotopic (exact) mass is 463 g/mol. The summed E-state index contributed by atoms with van der Waals surface area (Å²) >= 11 is 0. The van der Waals surface area contributed by atoms with E-state index in [9.17, 15) is 65.0 Å². The van der Waals surface area contributed by atoms with Gasteiger partial charge in [-0.05, 0) is 10.9 Å². The maximum atomic E-state index is 12.1. The quantitative estimate of drug-likeness (QED) is 0.339. The second kappa shape index (κ2) is 8.63. The summed E-state index contributed by atoms with van der Waals surface area (Å²) in [6.07, 6.45) is -6.09. The second-order valence-corrected chi connectivity index (χ2v) is 7.41. The standard InChI is InChI=1S/C4F12P.C4H9FO3S/c5-1(6,3(9,10)11)2(7,8)4(12,13)17(14,15)16;1-2-3-4-9(6,7)8-5/h;2-4H2,1H3/q+1;. The molecule has 0 aliphatic rings. The van der Waals surface area contributed by atoms with E-state index >= 15 is 0 Å². The number of halogens is 13. The molecule has 0 bridgehead atoms. The Bertz CT molecular complexity index is 511. The van der Waals surface area contributed by atoms with Crippen molar-refractivity contribution < 1.29 is 69.4 Å². The first-order valence-electron chi connectivity index (χ1n) is 5.83. The minimum atomic E-state index is -8.47. The van der Waals surface area contributed by atoms with Gasteiger partial charge < -0.3 is 0 Å². The molecule has 0 saturated heterocycles. The lowest BCUT2D eigenvalue weighted by Gasteiger charge is -2.29. The van der Waals surface area contributed by atoms with Crippen LogP contribution in [0.4, 0.5) is 56.6 Å². The van der Waals surface area contributed by atoms with Gasteiger partial charge in [-0.1, -0.05) is 17.7 Å². The van der Waals surface area contributed by atoms with Gasteiger partial charge in [0.2, 0.25) is 0 Å². The zero-order valence-electron chi connectivity index (χ0n) is 12.1. The molecule has 0 unspecified atom stereocenters. The van der Waals surface area contributed by atoms with Crippen molar-refractivity contribution in [1.29, 1.82) is 0 Å². The van der Waals surface area contributed by atoms with Crippen LogP contribution in [0.1, 0.15) is 19.8 Å². The van der Waals surface area contributed by atoms with E-state index in [1.165, 1.54) is 0 Å². The van der Waals surface area contributed by atoms with Gasteiger partial charge in [0.15, 0.2) is 0 Å². The van der Waals surface area contributed by atoms with Crippen molar-refractivity contribution in [2.75, 3.05) is 5.75 Å². The Morgan fingerprint density at radius 2 is 1.23 bits per heavy atom. The molecule has 0 spiro atoms. The van der Waals surface area contributed by atoms with Crippen LogP contribution < -0.4 is 0 Å². The largest absolute Gasteiger partial charge is 0.644 e.